The van der Waals surface area contributed by atoms with Crippen LogP contribution in [-0.4, -0.2) is 64.3 Å². The molecule has 0 radical (unpaired) electrons. The highest BCUT2D eigenvalue weighted by Crippen LogP contribution is 2.06. The molecule has 0 heterocycles. The van der Waals surface area contributed by atoms with Crippen molar-refractivity contribution in [2.75, 3.05) is 25.6 Å². The molecule has 0 aliphatic rings. The molecule has 0 aromatic heterocycles. The van der Waals surface area contributed by atoms with Gasteiger partial charge in [0.15, 0.2) is 0 Å². The monoisotopic (exact) mass is 355 g/mol. The molecule has 9 heteroatoms. The summed E-state index contributed by atoms with van der Waals surface area (Å²) in [5.74, 6) is 0.240. The lowest BCUT2D eigenvalue weighted by Gasteiger charge is -2.24. The van der Waals surface area contributed by atoms with Gasteiger partial charge in [-0.1, -0.05) is 30.3 Å². The molecule has 0 fully saturated rings. The number of alkyl halides is 1. The Labute approximate surface area is 135 Å². The van der Waals surface area contributed by atoms with E-state index in [1.54, 1.807) is 0 Å². The first-order valence-corrected chi connectivity index (χ1v) is 8.50. The van der Waals surface area contributed by atoms with Crippen molar-refractivity contribution in [3.63, 3.8) is 0 Å². The molecular weight excluding hydrogens is 334 g/mol. The number of aliphatic hydroxyl groups excluding tert-OH is 2. The lowest BCUT2D eigenvalue weighted by atomic mass is 10.2. The number of hydrogen-bond donors (Lipinski definition) is 4. The van der Waals surface area contributed by atoms with Gasteiger partial charge in [-0.15, -0.1) is 11.6 Å². The largest absolute Gasteiger partial charge is 0.396 e. The van der Waals surface area contributed by atoms with Crippen LogP contribution in [0.3, 0.4) is 0 Å². The average Bonchev–Trinajstić information content (AvgIpc) is 2.44. The topological polar surface area (TPSA) is 118 Å². The minimum atomic E-state index is -4.67. The molecule has 7 nitrogen and oxygen atoms in total. The maximum atomic E-state index is 9.57. The van der Waals surface area contributed by atoms with E-state index < -0.39 is 16.5 Å². The van der Waals surface area contributed by atoms with Gasteiger partial charge in [0, 0.05) is 32.1 Å². The second kappa shape index (κ2) is 11.8. The van der Waals surface area contributed by atoms with E-state index in [9.17, 15) is 5.11 Å². The summed E-state index contributed by atoms with van der Waals surface area (Å²) >= 11 is 5.61. The Morgan fingerprint density at radius 3 is 2.18 bits per heavy atom. The van der Waals surface area contributed by atoms with Crippen LogP contribution in [0.4, 0.5) is 0 Å². The van der Waals surface area contributed by atoms with Crippen molar-refractivity contribution in [2.24, 2.45) is 0 Å². The standard InChI is InChI=1S/C13H20ClNO2.H2O4S/c14-9-13(17)11-15(7-4-8-16)10-12-5-2-1-3-6-12;1-5(2,3)4/h1-3,5-6,13,16-17H,4,7-11H2;(H2,1,2,3,4). The van der Waals surface area contributed by atoms with Crippen molar-refractivity contribution >= 4 is 22.0 Å². The van der Waals surface area contributed by atoms with E-state index in [1.807, 2.05) is 18.2 Å². The highest BCUT2D eigenvalue weighted by molar-refractivity contribution is 7.79. The molecule has 4 N–H and O–H groups in total. The van der Waals surface area contributed by atoms with Gasteiger partial charge in [0.05, 0.1) is 6.10 Å². The lowest BCUT2D eigenvalue weighted by molar-refractivity contribution is 0.118. The van der Waals surface area contributed by atoms with Crippen LogP contribution in [0.5, 0.6) is 0 Å². The predicted molar refractivity (Wildman–Crippen MR) is 84.3 cm³/mol. The van der Waals surface area contributed by atoms with Crippen LogP contribution in [0, 0.1) is 0 Å². The third-order valence-corrected chi connectivity index (χ3v) is 2.88. The molecule has 0 saturated carbocycles. The van der Waals surface area contributed by atoms with E-state index in [0.29, 0.717) is 13.0 Å². The van der Waals surface area contributed by atoms with Crippen molar-refractivity contribution in [2.45, 2.75) is 19.1 Å². The summed E-state index contributed by atoms with van der Waals surface area (Å²) in [6.07, 6.45) is 0.195. The molecule has 1 atom stereocenters. The van der Waals surface area contributed by atoms with Crippen LogP contribution in [0.25, 0.3) is 0 Å². The summed E-state index contributed by atoms with van der Waals surface area (Å²) in [4.78, 5) is 2.11. The van der Waals surface area contributed by atoms with Gasteiger partial charge in [-0.05, 0) is 12.0 Å². The van der Waals surface area contributed by atoms with Crippen LogP contribution >= 0.6 is 11.6 Å². The first-order valence-electron chi connectivity index (χ1n) is 6.57. The van der Waals surface area contributed by atoms with Gasteiger partial charge in [0.1, 0.15) is 0 Å². The first-order chi connectivity index (χ1) is 10.3. The summed E-state index contributed by atoms with van der Waals surface area (Å²) in [6, 6.07) is 10.1. The van der Waals surface area contributed by atoms with Crippen LogP contribution < -0.4 is 0 Å². The van der Waals surface area contributed by atoms with Crippen molar-refractivity contribution < 1.29 is 27.7 Å². The molecule has 0 aliphatic carbocycles. The molecule has 0 saturated heterocycles. The van der Waals surface area contributed by atoms with Gasteiger partial charge in [-0.25, -0.2) is 0 Å². The van der Waals surface area contributed by atoms with Crippen LogP contribution in [0.1, 0.15) is 12.0 Å². The number of benzene rings is 1. The van der Waals surface area contributed by atoms with E-state index in [2.05, 4.69) is 17.0 Å². The van der Waals surface area contributed by atoms with Gasteiger partial charge < -0.3 is 10.2 Å². The number of rotatable bonds is 8. The maximum absolute atomic E-state index is 9.57. The highest BCUT2D eigenvalue weighted by atomic mass is 35.5. The molecule has 0 bridgehead atoms. The number of halogens is 1. The zero-order valence-corrected chi connectivity index (χ0v) is 13.6. The fraction of sp³-hybridized carbons (Fsp3) is 0.538. The summed E-state index contributed by atoms with van der Waals surface area (Å²) < 4.78 is 31.6. The maximum Gasteiger partial charge on any atom is 0.394 e. The van der Waals surface area contributed by atoms with Crippen molar-refractivity contribution in [3.8, 4) is 0 Å². The summed E-state index contributed by atoms with van der Waals surface area (Å²) in [5, 5.41) is 18.4. The van der Waals surface area contributed by atoms with Gasteiger partial charge in [-0.2, -0.15) is 8.42 Å². The van der Waals surface area contributed by atoms with Crippen LogP contribution in [0.15, 0.2) is 30.3 Å². The average molecular weight is 356 g/mol. The molecule has 1 unspecified atom stereocenters. The Morgan fingerprint density at radius 1 is 1.18 bits per heavy atom. The second-order valence-electron chi connectivity index (χ2n) is 4.55. The van der Waals surface area contributed by atoms with E-state index >= 15 is 0 Å². The Hall–Kier alpha value is -0.740. The highest BCUT2D eigenvalue weighted by Gasteiger charge is 2.11. The molecule has 1 aromatic carbocycles. The molecule has 1 rings (SSSR count). The van der Waals surface area contributed by atoms with Gasteiger partial charge in [0.2, 0.25) is 0 Å². The fourth-order valence-corrected chi connectivity index (χ4v) is 1.82. The molecule has 0 spiro atoms. The van der Waals surface area contributed by atoms with E-state index in [1.165, 1.54) is 5.56 Å². The Morgan fingerprint density at radius 2 is 1.73 bits per heavy atom. The molecular formula is C13H22ClNO6S. The molecule has 1 aromatic rings. The first kappa shape index (κ1) is 21.3. The lowest BCUT2D eigenvalue weighted by Crippen LogP contribution is -2.34. The zero-order valence-electron chi connectivity index (χ0n) is 12.0. The Bertz CT molecular complexity index is 477. The molecule has 0 amide bonds. The third-order valence-electron chi connectivity index (χ3n) is 2.53. The normalized spacial score (nSPS) is 12.6. The van der Waals surface area contributed by atoms with Crippen molar-refractivity contribution in [3.05, 3.63) is 35.9 Å². The predicted octanol–water partition coefficient (Wildman–Crippen LogP) is 0.818. The minimum Gasteiger partial charge on any atom is -0.396 e. The fourth-order valence-electron chi connectivity index (χ4n) is 1.72. The van der Waals surface area contributed by atoms with Gasteiger partial charge >= 0.3 is 10.4 Å². The quantitative estimate of drug-likeness (QED) is 0.402. The second-order valence-corrected chi connectivity index (χ2v) is 5.76. The van der Waals surface area contributed by atoms with Crippen LogP contribution in [0.2, 0.25) is 0 Å². The zero-order chi connectivity index (χ0) is 17.0. The SMILES string of the molecule is O=S(=O)(O)O.OCCCN(Cc1ccccc1)CC(O)CCl. The molecule has 0 aliphatic heterocycles. The van der Waals surface area contributed by atoms with Gasteiger partial charge in [-0.3, -0.25) is 14.0 Å². The van der Waals surface area contributed by atoms with Crippen LogP contribution in [-0.2, 0) is 16.9 Å². The van der Waals surface area contributed by atoms with E-state index in [4.69, 9.17) is 34.2 Å². The van der Waals surface area contributed by atoms with Crippen molar-refractivity contribution in [1.82, 2.24) is 4.90 Å². The Balaban J connectivity index is 0.000000763. The molecule has 22 heavy (non-hydrogen) atoms. The number of hydrogen-bond acceptors (Lipinski definition) is 5. The van der Waals surface area contributed by atoms with Crippen molar-refractivity contribution in [1.29, 1.82) is 0 Å². The minimum absolute atomic E-state index is 0.169. The molecule has 128 valence electrons. The van der Waals surface area contributed by atoms with Gasteiger partial charge in [0.25, 0.3) is 0 Å². The Kier molecular flexibility index (Phi) is 11.4. The summed E-state index contributed by atoms with van der Waals surface area (Å²) in [7, 11) is -4.67. The van der Waals surface area contributed by atoms with E-state index in [-0.39, 0.29) is 12.5 Å². The number of nitrogens with zero attached hydrogens (tertiary/aromatic N) is 1. The smallest absolute Gasteiger partial charge is 0.394 e. The summed E-state index contributed by atoms with van der Waals surface area (Å²) in [5.41, 5.74) is 1.20. The number of aliphatic hydroxyl groups is 2. The third kappa shape index (κ3) is 14.2. The summed E-state index contributed by atoms with van der Waals surface area (Å²) in [6.45, 7) is 2.24. The van der Waals surface area contributed by atoms with E-state index in [0.717, 1.165) is 13.1 Å².